The van der Waals surface area contributed by atoms with Crippen molar-refractivity contribution in [2.24, 2.45) is 5.16 Å². The number of halogens is 1. The first-order valence-corrected chi connectivity index (χ1v) is 6.67. The average Bonchev–Trinajstić information content (AvgIpc) is 2.41. The fraction of sp³-hybridized carbons (Fsp3) is 0.250. The van der Waals surface area contributed by atoms with E-state index in [-0.39, 0.29) is 28.5 Å². The van der Waals surface area contributed by atoms with Gasteiger partial charge in [-0.25, -0.2) is 4.39 Å². The number of phenolic OH excluding ortho intramolecular Hbond substituents is 1. The van der Waals surface area contributed by atoms with Gasteiger partial charge in [-0.15, -0.1) is 0 Å². The highest BCUT2D eigenvalue weighted by Crippen LogP contribution is 2.26. The molecule has 0 amide bonds. The molecule has 0 unspecified atom stereocenters. The first-order valence-electron chi connectivity index (χ1n) is 6.67. The molecular weight excluding hydrogens is 287 g/mol. The van der Waals surface area contributed by atoms with Gasteiger partial charge in [-0.1, -0.05) is 5.16 Å². The van der Waals surface area contributed by atoms with Gasteiger partial charge in [0.15, 0.2) is 0 Å². The third-order valence-corrected chi connectivity index (χ3v) is 2.64. The summed E-state index contributed by atoms with van der Waals surface area (Å²) >= 11 is 0. The zero-order valence-electron chi connectivity index (χ0n) is 12.5. The lowest BCUT2D eigenvalue weighted by molar-refractivity contribution is 0.00108. The smallest absolute Gasteiger partial charge is 0.143 e. The summed E-state index contributed by atoms with van der Waals surface area (Å²) in [6, 6.07) is 6.49. The highest BCUT2D eigenvalue weighted by atomic mass is 19.1. The number of nitrogens with zero attached hydrogens (tertiary/aromatic N) is 2. The van der Waals surface area contributed by atoms with Gasteiger partial charge in [0.2, 0.25) is 0 Å². The summed E-state index contributed by atoms with van der Waals surface area (Å²) in [6.07, 6.45) is 1.47. The van der Waals surface area contributed by atoms with Gasteiger partial charge in [0.1, 0.15) is 34.3 Å². The SMILES string of the molecule is CC(C)(C)ON=C(c1ccc(F)cc1O)c1ncccc1O. The fourth-order valence-corrected chi connectivity index (χ4v) is 1.69. The molecule has 0 aliphatic carbocycles. The van der Waals surface area contributed by atoms with E-state index in [1.807, 2.05) is 0 Å². The fourth-order valence-electron chi connectivity index (χ4n) is 1.69. The van der Waals surface area contributed by atoms with Gasteiger partial charge in [0.05, 0.1) is 0 Å². The van der Waals surface area contributed by atoms with Gasteiger partial charge in [0, 0.05) is 17.8 Å². The molecule has 2 aromatic rings. The second-order valence-corrected chi connectivity index (χ2v) is 5.68. The van der Waals surface area contributed by atoms with Crippen molar-refractivity contribution < 1.29 is 19.4 Å². The molecule has 0 aliphatic rings. The van der Waals surface area contributed by atoms with Crippen LogP contribution >= 0.6 is 0 Å². The third-order valence-electron chi connectivity index (χ3n) is 2.64. The van der Waals surface area contributed by atoms with Crippen molar-refractivity contribution in [2.45, 2.75) is 26.4 Å². The normalized spacial score (nSPS) is 12.3. The third kappa shape index (κ3) is 3.72. The van der Waals surface area contributed by atoms with Crippen molar-refractivity contribution in [3.05, 3.63) is 53.6 Å². The van der Waals surface area contributed by atoms with Crippen LogP contribution in [0.4, 0.5) is 4.39 Å². The Bertz CT molecular complexity index is 709. The van der Waals surface area contributed by atoms with Crippen molar-refractivity contribution in [3.63, 3.8) is 0 Å². The summed E-state index contributed by atoms with van der Waals surface area (Å²) in [6.45, 7) is 5.41. The highest BCUT2D eigenvalue weighted by molar-refractivity contribution is 6.14. The largest absolute Gasteiger partial charge is 0.507 e. The number of hydrogen-bond acceptors (Lipinski definition) is 5. The molecule has 1 heterocycles. The van der Waals surface area contributed by atoms with Gasteiger partial charge >= 0.3 is 0 Å². The molecule has 116 valence electrons. The molecular formula is C16H17FN2O3. The maximum atomic E-state index is 13.2. The Morgan fingerprint density at radius 2 is 1.91 bits per heavy atom. The van der Waals surface area contributed by atoms with E-state index in [1.54, 1.807) is 26.8 Å². The molecule has 1 aromatic heterocycles. The number of oxime groups is 1. The van der Waals surface area contributed by atoms with E-state index < -0.39 is 11.4 Å². The maximum Gasteiger partial charge on any atom is 0.143 e. The Hall–Kier alpha value is -2.63. The van der Waals surface area contributed by atoms with E-state index in [9.17, 15) is 14.6 Å². The van der Waals surface area contributed by atoms with Crippen molar-refractivity contribution in [1.82, 2.24) is 4.98 Å². The van der Waals surface area contributed by atoms with E-state index in [0.29, 0.717) is 0 Å². The zero-order valence-corrected chi connectivity index (χ0v) is 12.5. The van der Waals surface area contributed by atoms with Crippen LogP contribution in [0.3, 0.4) is 0 Å². The lowest BCUT2D eigenvalue weighted by Gasteiger charge is -2.17. The van der Waals surface area contributed by atoms with Crippen LogP contribution in [0.25, 0.3) is 0 Å². The van der Waals surface area contributed by atoms with Crippen LogP contribution in [0.2, 0.25) is 0 Å². The summed E-state index contributed by atoms with van der Waals surface area (Å²) in [4.78, 5) is 9.43. The van der Waals surface area contributed by atoms with Crippen LogP contribution in [0.1, 0.15) is 32.0 Å². The Labute approximate surface area is 127 Å². The number of benzene rings is 1. The predicted octanol–water partition coefficient (Wildman–Crippen LogP) is 3.20. The van der Waals surface area contributed by atoms with Gasteiger partial charge in [-0.2, -0.15) is 0 Å². The van der Waals surface area contributed by atoms with Gasteiger partial charge in [-0.05, 0) is 45.0 Å². The lowest BCUT2D eigenvalue weighted by atomic mass is 10.0. The van der Waals surface area contributed by atoms with E-state index in [2.05, 4.69) is 10.1 Å². The van der Waals surface area contributed by atoms with Crippen molar-refractivity contribution in [1.29, 1.82) is 0 Å². The molecule has 2 rings (SSSR count). The van der Waals surface area contributed by atoms with Crippen LogP contribution in [0, 0.1) is 5.82 Å². The van der Waals surface area contributed by atoms with E-state index in [4.69, 9.17) is 4.84 Å². The number of rotatable bonds is 3. The van der Waals surface area contributed by atoms with Gasteiger partial charge in [-0.3, -0.25) is 4.98 Å². The topological polar surface area (TPSA) is 74.9 Å². The summed E-state index contributed by atoms with van der Waals surface area (Å²) in [5.74, 6) is -1.02. The first-order chi connectivity index (χ1) is 10.3. The predicted molar refractivity (Wildman–Crippen MR) is 80.4 cm³/mol. The molecule has 0 fully saturated rings. The first kappa shape index (κ1) is 15.8. The second kappa shape index (κ2) is 6.01. The van der Waals surface area contributed by atoms with Crippen LogP contribution in [0.15, 0.2) is 41.7 Å². The van der Waals surface area contributed by atoms with Crippen molar-refractivity contribution in [3.8, 4) is 11.5 Å². The minimum absolute atomic E-state index is 0.116. The molecule has 0 spiro atoms. The van der Waals surface area contributed by atoms with Gasteiger partial charge in [0.25, 0.3) is 0 Å². The minimum Gasteiger partial charge on any atom is -0.507 e. The van der Waals surface area contributed by atoms with Crippen molar-refractivity contribution >= 4 is 5.71 Å². The molecule has 0 atom stereocenters. The molecule has 0 saturated carbocycles. The summed E-state index contributed by atoms with van der Waals surface area (Å²) in [5, 5.41) is 23.9. The van der Waals surface area contributed by atoms with E-state index >= 15 is 0 Å². The molecule has 5 nitrogen and oxygen atoms in total. The summed E-state index contributed by atoms with van der Waals surface area (Å²) in [7, 11) is 0. The van der Waals surface area contributed by atoms with E-state index in [0.717, 1.165) is 6.07 Å². The number of pyridine rings is 1. The van der Waals surface area contributed by atoms with Crippen LogP contribution in [-0.4, -0.2) is 26.5 Å². The molecule has 6 heteroatoms. The number of phenols is 1. The van der Waals surface area contributed by atoms with Crippen LogP contribution < -0.4 is 0 Å². The second-order valence-electron chi connectivity index (χ2n) is 5.68. The number of aromatic hydroxyl groups is 2. The van der Waals surface area contributed by atoms with Crippen molar-refractivity contribution in [2.75, 3.05) is 0 Å². The Kier molecular flexibility index (Phi) is 4.30. The number of aromatic nitrogens is 1. The monoisotopic (exact) mass is 304 g/mol. The Balaban J connectivity index is 2.58. The highest BCUT2D eigenvalue weighted by Gasteiger charge is 2.20. The quantitative estimate of drug-likeness (QED) is 0.674. The van der Waals surface area contributed by atoms with Gasteiger partial charge < -0.3 is 15.1 Å². The summed E-state index contributed by atoms with van der Waals surface area (Å²) in [5.41, 5.74) is -0.121. The van der Waals surface area contributed by atoms with E-state index in [1.165, 1.54) is 24.4 Å². The standard InChI is InChI=1S/C16H17FN2O3/c1-16(2,3)22-19-14(15-12(20)5-4-8-18-15)11-7-6-10(17)9-13(11)21/h4-9,20-21H,1-3H3. The lowest BCUT2D eigenvalue weighted by Crippen LogP contribution is -2.18. The Morgan fingerprint density at radius 1 is 1.18 bits per heavy atom. The molecule has 0 bridgehead atoms. The molecule has 1 aromatic carbocycles. The molecule has 2 N–H and O–H groups in total. The molecule has 0 saturated heterocycles. The zero-order chi connectivity index (χ0) is 16.3. The molecule has 0 aliphatic heterocycles. The van der Waals surface area contributed by atoms with Crippen LogP contribution in [-0.2, 0) is 4.84 Å². The molecule has 0 radical (unpaired) electrons. The average molecular weight is 304 g/mol. The summed E-state index contributed by atoms with van der Waals surface area (Å²) < 4.78 is 13.2. The maximum absolute atomic E-state index is 13.2. The molecule has 22 heavy (non-hydrogen) atoms. The van der Waals surface area contributed by atoms with Crippen LogP contribution in [0.5, 0.6) is 11.5 Å². The Morgan fingerprint density at radius 3 is 2.50 bits per heavy atom. The minimum atomic E-state index is -0.581. The number of hydrogen-bond donors (Lipinski definition) is 2.